The number of esters is 3. The monoisotopic (exact) mass is 931 g/mol. The lowest BCUT2D eigenvalue weighted by Crippen LogP contribution is -2.30. The zero-order valence-corrected chi connectivity index (χ0v) is 43.6. The lowest BCUT2D eigenvalue weighted by Gasteiger charge is -2.18. The fraction of sp³-hybridized carbons (Fsp3) is 0.689. The van der Waals surface area contributed by atoms with Gasteiger partial charge in [0.25, 0.3) is 0 Å². The molecule has 0 aliphatic heterocycles. The maximum Gasteiger partial charge on any atom is 0.306 e. The van der Waals surface area contributed by atoms with Crippen LogP contribution in [0.1, 0.15) is 252 Å². The molecule has 0 fully saturated rings. The summed E-state index contributed by atoms with van der Waals surface area (Å²) in [5.41, 5.74) is 0. The van der Waals surface area contributed by atoms with Crippen LogP contribution in [0.2, 0.25) is 0 Å². The zero-order valence-electron chi connectivity index (χ0n) is 43.6. The second-order valence-electron chi connectivity index (χ2n) is 18.1. The Balaban J connectivity index is 4.54. The van der Waals surface area contributed by atoms with E-state index in [2.05, 4.69) is 112 Å². The van der Waals surface area contributed by atoms with Crippen LogP contribution in [0.3, 0.4) is 0 Å². The first kappa shape index (κ1) is 63.3. The normalized spacial score (nSPS) is 12.8. The van der Waals surface area contributed by atoms with E-state index in [0.29, 0.717) is 12.8 Å². The molecule has 382 valence electrons. The minimum absolute atomic E-state index is 0.110. The van der Waals surface area contributed by atoms with Crippen molar-refractivity contribution in [3.63, 3.8) is 0 Å². The van der Waals surface area contributed by atoms with Crippen molar-refractivity contribution < 1.29 is 28.6 Å². The van der Waals surface area contributed by atoms with Crippen molar-refractivity contribution in [2.45, 2.75) is 258 Å². The minimum Gasteiger partial charge on any atom is -0.462 e. The van der Waals surface area contributed by atoms with E-state index in [1.165, 1.54) is 116 Å². The summed E-state index contributed by atoms with van der Waals surface area (Å²) in [6, 6.07) is 0. The Bertz CT molecular complexity index is 1350. The summed E-state index contributed by atoms with van der Waals surface area (Å²) in [6.07, 6.45) is 72.6. The largest absolute Gasteiger partial charge is 0.462 e. The standard InChI is InChI=1S/C61H102O6/c1-4-7-10-13-16-19-22-25-28-30-31-32-34-36-39-42-45-48-51-54-60(63)66-57-58(56-65-59(62)53-50-47-44-41-38-35-27-24-21-18-15-12-9-6-3)67-61(64)55-52-49-46-43-40-37-33-29-26-23-20-17-14-11-8-5-2/h7,10,16,19,25,28-29,31-33,36-37,39-40,45,48,58H,4-6,8-9,11-15,17-18,20-24,26-27,30,34-35,38,41-44,46-47,49-57H2,1-3H3/b10-7-,19-16-,28-25-,32-31-,33-29-,39-36-,40-37-,48-45-. The quantitative estimate of drug-likeness (QED) is 0.0199. The molecule has 1 atom stereocenters. The van der Waals surface area contributed by atoms with Gasteiger partial charge in [-0.15, -0.1) is 0 Å². The molecule has 0 amide bonds. The van der Waals surface area contributed by atoms with Gasteiger partial charge in [-0.1, -0.05) is 246 Å². The van der Waals surface area contributed by atoms with Gasteiger partial charge in [0.05, 0.1) is 0 Å². The highest BCUT2D eigenvalue weighted by molar-refractivity contribution is 5.71. The average Bonchev–Trinajstić information content (AvgIpc) is 3.33. The number of rotatable bonds is 49. The van der Waals surface area contributed by atoms with Crippen molar-refractivity contribution >= 4 is 17.9 Å². The second kappa shape index (κ2) is 54.9. The Morgan fingerprint density at radius 1 is 0.328 bits per heavy atom. The Morgan fingerprint density at radius 2 is 0.657 bits per heavy atom. The van der Waals surface area contributed by atoms with Gasteiger partial charge >= 0.3 is 17.9 Å². The summed E-state index contributed by atoms with van der Waals surface area (Å²) in [6.45, 7) is 6.44. The molecule has 0 spiro atoms. The van der Waals surface area contributed by atoms with Crippen LogP contribution in [-0.2, 0) is 28.6 Å². The molecule has 0 aromatic heterocycles. The van der Waals surface area contributed by atoms with Gasteiger partial charge in [0.15, 0.2) is 6.10 Å². The van der Waals surface area contributed by atoms with Crippen LogP contribution in [0.5, 0.6) is 0 Å². The number of allylic oxidation sites excluding steroid dienone is 16. The van der Waals surface area contributed by atoms with Crippen molar-refractivity contribution in [2.75, 3.05) is 13.2 Å². The first-order chi connectivity index (χ1) is 33.0. The molecule has 0 bridgehead atoms. The molecule has 0 rings (SSSR count). The Labute approximate surface area is 413 Å². The molecule has 1 unspecified atom stereocenters. The van der Waals surface area contributed by atoms with Gasteiger partial charge in [-0.25, -0.2) is 0 Å². The van der Waals surface area contributed by atoms with E-state index in [0.717, 1.165) is 89.9 Å². The van der Waals surface area contributed by atoms with Crippen LogP contribution in [-0.4, -0.2) is 37.2 Å². The Kier molecular flexibility index (Phi) is 51.9. The van der Waals surface area contributed by atoms with E-state index in [4.69, 9.17) is 14.2 Å². The van der Waals surface area contributed by atoms with Gasteiger partial charge in [0, 0.05) is 19.3 Å². The van der Waals surface area contributed by atoms with E-state index in [9.17, 15) is 14.4 Å². The first-order valence-electron chi connectivity index (χ1n) is 27.8. The van der Waals surface area contributed by atoms with Crippen molar-refractivity contribution in [3.8, 4) is 0 Å². The fourth-order valence-electron chi connectivity index (χ4n) is 7.46. The van der Waals surface area contributed by atoms with Crippen LogP contribution in [0.25, 0.3) is 0 Å². The predicted molar refractivity (Wildman–Crippen MR) is 288 cm³/mol. The summed E-state index contributed by atoms with van der Waals surface area (Å²) in [7, 11) is 0. The smallest absolute Gasteiger partial charge is 0.306 e. The number of hydrogen-bond acceptors (Lipinski definition) is 6. The molecule has 0 N–H and O–H groups in total. The molecule has 0 radical (unpaired) electrons. The highest BCUT2D eigenvalue weighted by atomic mass is 16.6. The number of hydrogen-bond donors (Lipinski definition) is 0. The summed E-state index contributed by atoms with van der Waals surface area (Å²) in [5, 5.41) is 0. The zero-order chi connectivity index (χ0) is 48.6. The van der Waals surface area contributed by atoms with Gasteiger partial charge < -0.3 is 14.2 Å². The number of carbonyl (C=O) groups excluding carboxylic acids is 3. The van der Waals surface area contributed by atoms with E-state index in [1.54, 1.807) is 0 Å². The molecule has 6 heteroatoms. The van der Waals surface area contributed by atoms with Gasteiger partial charge in [0.2, 0.25) is 0 Å². The van der Waals surface area contributed by atoms with Crippen LogP contribution in [0, 0.1) is 0 Å². The average molecular weight is 931 g/mol. The minimum atomic E-state index is -0.821. The topological polar surface area (TPSA) is 78.9 Å². The van der Waals surface area contributed by atoms with Crippen molar-refractivity contribution in [2.24, 2.45) is 0 Å². The van der Waals surface area contributed by atoms with E-state index in [-0.39, 0.29) is 44.0 Å². The first-order valence-corrected chi connectivity index (χ1v) is 27.8. The van der Waals surface area contributed by atoms with Gasteiger partial charge in [-0.05, 0) is 83.5 Å². The van der Waals surface area contributed by atoms with Crippen LogP contribution >= 0.6 is 0 Å². The molecule has 0 saturated heterocycles. The second-order valence-corrected chi connectivity index (χ2v) is 18.1. The Hall–Kier alpha value is -3.67. The number of carbonyl (C=O) groups is 3. The molecule has 0 saturated carbocycles. The fourth-order valence-corrected chi connectivity index (χ4v) is 7.46. The van der Waals surface area contributed by atoms with Crippen LogP contribution in [0.4, 0.5) is 0 Å². The van der Waals surface area contributed by atoms with Crippen LogP contribution in [0.15, 0.2) is 97.2 Å². The summed E-state index contributed by atoms with van der Waals surface area (Å²) in [4.78, 5) is 38.0. The van der Waals surface area contributed by atoms with Gasteiger partial charge in [-0.3, -0.25) is 14.4 Å². The van der Waals surface area contributed by atoms with Crippen molar-refractivity contribution in [1.29, 1.82) is 0 Å². The van der Waals surface area contributed by atoms with Gasteiger partial charge in [-0.2, -0.15) is 0 Å². The predicted octanol–water partition coefficient (Wildman–Crippen LogP) is 18.5. The van der Waals surface area contributed by atoms with Crippen molar-refractivity contribution in [3.05, 3.63) is 97.2 Å². The molecule has 0 aliphatic carbocycles. The van der Waals surface area contributed by atoms with Crippen LogP contribution < -0.4 is 0 Å². The molecule has 6 nitrogen and oxygen atoms in total. The van der Waals surface area contributed by atoms with E-state index >= 15 is 0 Å². The number of unbranched alkanes of at least 4 members (excludes halogenated alkanes) is 23. The molecule has 67 heavy (non-hydrogen) atoms. The third kappa shape index (κ3) is 53.2. The lowest BCUT2D eigenvalue weighted by molar-refractivity contribution is -0.166. The molecule has 0 aromatic rings. The third-order valence-corrected chi connectivity index (χ3v) is 11.6. The molecule has 0 aliphatic rings. The third-order valence-electron chi connectivity index (χ3n) is 11.6. The molecule has 0 aromatic carbocycles. The summed E-state index contributed by atoms with van der Waals surface area (Å²) < 4.78 is 16.7. The van der Waals surface area contributed by atoms with Crippen molar-refractivity contribution in [1.82, 2.24) is 0 Å². The summed E-state index contributed by atoms with van der Waals surface area (Å²) in [5.74, 6) is -1.02. The van der Waals surface area contributed by atoms with E-state index in [1.807, 2.05) is 6.08 Å². The maximum absolute atomic E-state index is 12.8. The summed E-state index contributed by atoms with van der Waals surface area (Å²) >= 11 is 0. The molecule has 0 heterocycles. The number of ether oxygens (including phenoxy) is 3. The van der Waals surface area contributed by atoms with Gasteiger partial charge in [0.1, 0.15) is 13.2 Å². The Morgan fingerprint density at radius 3 is 1.07 bits per heavy atom. The highest BCUT2D eigenvalue weighted by Gasteiger charge is 2.19. The SMILES string of the molecule is CC/C=C\C/C=C\C/C=C\C/C=C\C/C=C\C/C=C\CCC(=O)OCC(COC(=O)CCCCCCCCCCCCCCCC)OC(=O)CCCCC/C=C\C=C/CCCCCCCCC. The lowest BCUT2D eigenvalue weighted by atomic mass is 10.0. The molecular weight excluding hydrogens is 829 g/mol. The maximum atomic E-state index is 12.8. The van der Waals surface area contributed by atoms with E-state index < -0.39 is 6.10 Å². The highest BCUT2D eigenvalue weighted by Crippen LogP contribution is 2.15. The molecular formula is C61H102O6.